The Labute approximate surface area is 101 Å². The van der Waals surface area contributed by atoms with E-state index in [0.29, 0.717) is 26.1 Å². The van der Waals surface area contributed by atoms with Crippen molar-refractivity contribution in [1.82, 2.24) is 9.80 Å². The number of amides is 1. The van der Waals surface area contributed by atoms with Crippen molar-refractivity contribution in [2.24, 2.45) is 0 Å². The largest absolute Gasteiger partial charge is 0.466 e. The Hall–Kier alpha value is -1.30. The number of nitrogens with zero attached hydrogens (tertiary/aromatic N) is 2. The molecule has 0 aromatic rings. The molecule has 0 unspecified atom stereocenters. The van der Waals surface area contributed by atoms with E-state index in [9.17, 15) is 9.59 Å². The van der Waals surface area contributed by atoms with Gasteiger partial charge >= 0.3 is 12.1 Å². The SMILES string of the molecule is CCOC(=O)CCCN1CCN(C(=O)O)CC1. The van der Waals surface area contributed by atoms with Crippen LogP contribution in [0, 0.1) is 0 Å². The van der Waals surface area contributed by atoms with Gasteiger partial charge in [0, 0.05) is 32.6 Å². The maximum atomic E-state index is 11.1. The van der Waals surface area contributed by atoms with Crippen molar-refractivity contribution in [1.29, 1.82) is 0 Å². The van der Waals surface area contributed by atoms with Gasteiger partial charge < -0.3 is 14.7 Å². The van der Waals surface area contributed by atoms with E-state index >= 15 is 0 Å². The van der Waals surface area contributed by atoms with Crippen LogP contribution in [0.4, 0.5) is 4.79 Å². The molecule has 0 aromatic carbocycles. The van der Waals surface area contributed by atoms with Crippen LogP contribution in [0.15, 0.2) is 0 Å². The van der Waals surface area contributed by atoms with E-state index in [0.717, 1.165) is 26.1 Å². The zero-order valence-corrected chi connectivity index (χ0v) is 10.2. The average molecular weight is 244 g/mol. The number of carbonyl (C=O) groups excluding carboxylic acids is 1. The summed E-state index contributed by atoms with van der Waals surface area (Å²) in [5, 5.41) is 8.78. The number of hydrogen-bond donors (Lipinski definition) is 1. The molecule has 1 fully saturated rings. The van der Waals surface area contributed by atoms with Crippen molar-refractivity contribution in [2.45, 2.75) is 19.8 Å². The molecular formula is C11H20N2O4. The molecule has 1 aliphatic heterocycles. The fourth-order valence-corrected chi connectivity index (χ4v) is 1.84. The van der Waals surface area contributed by atoms with Gasteiger partial charge in [0.25, 0.3) is 0 Å². The summed E-state index contributed by atoms with van der Waals surface area (Å²) in [6, 6.07) is 0. The van der Waals surface area contributed by atoms with Crippen molar-refractivity contribution >= 4 is 12.1 Å². The second-order valence-electron chi connectivity index (χ2n) is 4.02. The quantitative estimate of drug-likeness (QED) is 0.718. The van der Waals surface area contributed by atoms with Crippen LogP contribution < -0.4 is 0 Å². The fraction of sp³-hybridized carbons (Fsp3) is 0.818. The molecular weight excluding hydrogens is 224 g/mol. The highest BCUT2D eigenvalue weighted by molar-refractivity contribution is 5.69. The first-order chi connectivity index (χ1) is 8.13. The summed E-state index contributed by atoms with van der Waals surface area (Å²) in [6.07, 6.45) is 0.356. The maximum Gasteiger partial charge on any atom is 0.407 e. The van der Waals surface area contributed by atoms with Crippen molar-refractivity contribution < 1.29 is 19.4 Å². The molecule has 1 aliphatic rings. The number of esters is 1. The molecule has 1 heterocycles. The minimum absolute atomic E-state index is 0.156. The summed E-state index contributed by atoms with van der Waals surface area (Å²) in [7, 11) is 0. The molecule has 0 aliphatic carbocycles. The first-order valence-electron chi connectivity index (χ1n) is 5.99. The van der Waals surface area contributed by atoms with Crippen molar-refractivity contribution in [3.8, 4) is 0 Å². The van der Waals surface area contributed by atoms with E-state index in [4.69, 9.17) is 9.84 Å². The van der Waals surface area contributed by atoms with Gasteiger partial charge in [0.1, 0.15) is 0 Å². The van der Waals surface area contributed by atoms with E-state index in [1.165, 1.54) is 4.90 Å². The number of rotatable bonds is 5. The van der Waals surface area contributed by atoms with Crippen LogP contribution in [0.2, 0.25) is 0 Å². The summed E-state index contributed by atoms with van der Waals surface area (Å²) >= 11 is 0. The number of ether oxygens (including phenoxy) is 1. The van der Waals surface area contributed by atoms with Crippen LogP contribution in [-0.4, -0.2) is 66.3 Å². The Bertz CT molecular complexity index is 262. The topological polar surface area (TPSA) is 70.1 Å². The maximum absolute atomic E-state index is 11.1. The first kappa shape index (κ1) is 13.8. The van der Waals surface area contributed by atoms with Gasteiger partial charge in [-0.3, -0.25) is 9.69 Å². The monoisotopic (exact) mass is 244 g/mol. The summed E-state index contributed by atoms with van der Waals surface area (Å²) in [4.78, 5) is 25.4. The Kier molecular flexibility index (Phi) is 5.76. The normalized spacial score (nSPS) is 16.9. The number of hydrogen-bond acceptors (Lipinski definition) is 4. The molecule has 1 saturated heterocycles. The van der Waals surface area contributed by atoms with Crippen LogP contribution in [0.5, 0.6) is 0 Å². The predicted molar refractivity (Wildman–Crippen MR) is 61.9 cm³/mol. The standard InChI is InChI=1S/C11H20N2O4/c1-2-17-10(14)4-3-5-12-6-8-13(9-7-12)11(15)16/h2-9H2,1H3,(H,15,16). The van der Waals surface area contributed by atoms with Gasteiger partial charge in [-0.2, -0.15) is 0 Å². The third kappa shape index (κ3) is 5.04. The third-order valence-electron chi connectivity index (χ3n) is 2.80. The zero-order chi connectivity index (χ0) is 12.7. The van der Waals surface area contributed by atoms with Crippen LogP contribution in [0.25, 0.3) is 0 Å². The molecule has 0 saturated carbocycles. The van der Waals surface area contributed by atoms with Gasteiger partial charge in [-0.1, -0.05) is 0 Å². The first-order valence-corrected chi connectivity index (χ1v) is 5.99. The second-order valence-corrected chi connectivity index (χ2v) is 4.02. The van der Waals surface area contributed by atoms with Crippen LogP contribution in [0.1, 0.15) is 19.8 Å². The van der Waals surface area contributed by atoms with Crippen molar-refractivity contribution in [3.05, 3.63) is 0 Å². The summed E-state index contributed by atoms with van der Waals surface area (Å²) in [6.45, 7) is 5.64. The summed E-state index contributed by atoms with van der Waals surface area (Å²) in [5.74, 6) is -0.156. The molecule has 17 heavy (non-hydrogen) atoms. The number of carbonyl (C=O) groups is 2. The Morgan fingerprint density at radius 3 is 2.41 bits per heavy atom. The molecule has 0 aromatic heterocycles. The Balaban J connectivity index is 2.10. The fourth-order valence-electron chi connectivity index (χ4n) is 1.84. The lowest BCUT2D eigenvalue weighted by molar-refractivity contribution is -0.143. The van der Waals surface area contributed by atoms with Gasteiger partial charge in [0.05, 0.1) is 6.61 Å². The van der Waals surface area contributed by atoms with E-state index in [1.807, 2.05) is 0 Å². The highest BCUT2D eigenvalue weighted by atomic mass is 16.5. The lowest BCUT2D eigenvalue weighted by atomic mass is 10.2. The van der Waals surface area contributed by atoms with Gasteiger partial charge in [-0.25, -0.2) is 4.79 Å². The highest BCUT2D eigenvalue weighted by Gasteiger charge is 2.19. The minimum atomic E-state index is -0.851. The molecule has 0 atom stereocenters. The number of carboxylic acid groups (broad SMARTS) is 1. The van der Waals surface area contributed by atoms with E-state index in [2.05, 4.69) is 4.90 Å². The highest BCUT2D eigenvalue weighted by Crippen LogP contribution is 2.04. The summed E-state index contributed by atoms with van der Waals surface area (Å²) in [5.41, 5.74) is 0. The molecule has 0 radical (unpaired) electrons. The molecule has 0 bridgehead atoms. The van der Waals surface area contributed by atoms with Gasteiger partial charge in [-0.05, 0) is 19.9 Å². The summed E-state index contributed by atoms with van der Waals surface area (Å²) < 4.78 is 4.84. The molecule has 6 nitrogen and oxygen atoms in total. The van der Waals surface area contributed by atoms with E-state index in [1.54, 1.807) is 6.92 Å². The van der Waals surface area contributed by atoms with Crippen LogP contribution in [-0.2, 0) is 9.53 Å². The minimum Gasteiger partial charge on any atom is -0.466 e. The molecule has 6 heteroatoms. The van der Waals surface area contributed by atoms with Gasteiger partial charge in [0.15, 0.2) is 0 Å². The third-order valence-corrected chi connectivity index (χ3v) is 2.80. The van der Waals surface area contributed by atoms with Crippen LogP contribution >= 0.6 is 0 Å². The zero-order valence-electron chi connectivity index (χ0n) is 10.2. The Morgan fingerprint density at radius 2 is 1.88 bits per heavy atom. The van der Waals surface area contributed by atoms with Gasteiger partial charge in [-0.15, -0.1) is 0 Å². The lowest BCUT2D eigenvalue weighted by Gasteiger charge is -2.32. The van der Waals surface area contributed by atoms with E-state index < -0.39 is 6.09 Å². The van der Waals surface area contributed by atoms with Crippen LogP contribution in [0.3, 0.4) is 0 Å². The van der Waals surface area contributed by atoms with Gasteiger partial charge in [0.2, 0.25) is 0 Å². The van der Waals surface area contributed by atoms with Crippen molar-refractivity contribution in [2.75, 3.05) is 39.3 Å². The van der Waals surface area contributed by atoms with E-state index in [-0.39, 0.29) is 5.97 Å². The molecule has 1 rings (SSSR count). The Morgan fingerprint density at radius 1 is 1.24 bits per heavy atom. The van der Waals surface area contributed by atoms with Crippen molar-refractivity contribution in [3.63, 3.8) is 0 Å². The lowest BCUT2D eigenvalue weighted by Crippen LogP contribution is -2.48. The molecule has 98 valence electrons. The molecule has 0 spiro atoms. The average Bonchev–Trinajstić information content (AvgIpc) is 2.30. The smallest absolute Gasteiger partial charge is 0.407 e. The predicted octanol–water partition coefficient (Wildman–Crippen LogP) is 0.625. The second kappa shape index (κ2) is 7.11. The number of piperazine rings is 1. The molecule has 1 amide bonds. The molecule has 1 N–H and O–H groups in total.